The molecule has 1 nitrogen and oxygen atoms in total. The highest BCUT2D eigenvalue weighted by molar-refractivity contribution is 7.99. The Morgan fingerprint density at radius 2 is 2.07 bits per heavy atom. The van der Waals surface area contributed by atoms with Crippen LogP contribution in [0.5, 0.6) is 0 Å². The van der Waals surface area contributed by atoms with Crippen molar-refractivity contribution in [3.05, 3.63) is 29.3 Å². The number of nitrogens with one attached hydrogen (secondary N) is 1. The van der Waals surface area contributed by atoms with Crippen molar-refractivity contribution in [1.29, 1.82) is 0 Å². The van der Waals surface area contributed by atoms with Gasteiger partial charge in [-0.1, -0.05) is 6.07 Å². The number of piperidine rings is 1. The summed E-state index contributed by atoms with van der Waals surface area (Å²) >= 11 is 1.98. The van der Waals surface area contributed by atoms with Crippen molar-refractivity contribution in [3.8, 4) is 0 Å². The lowest BCUT2D eigenvalue weighted by Crippen LogP contribution is -2.30. The minimum absolute atomic E-state index is 0.626. The zero-order valence-corrected chi connectivity index (χ0v) is 10.4. The molecule has 15 heavy (non-hydrogen) atoms. The average molecular weight is 221 g/mol. The maximum absolute atomic E-state index is 3.56. The summed E-state index contributed by atoms with van der Waals surface area (Å²) in [5, 5.41) is 4.19. The molecule has 0 spiro atoms. The Morgan fingerprint density at radius 1 is 1.20 bits per heavy atom. The lowest BCUT2D eigenvalue weighted by Gasteiger charge is -2.23. The van der Waals surface area contributed by atoms with Gasteiger partial charge < -0.3 is 5.32 Å². The van der Waals surface area contributed by atoms with E-state index in [0.717, 1.165) is 0 Å². The van der Waals surface area contributed by atoms with Crippen molar-refractivity contribution < 1.29 is 0 Å². The van der Waals surface area contributed by atoms with Gasteiger partial charge in [-0.15, -0.1) is 11.8 Å². The van der Waals surface area contributed by atoms with Crippen molar-refractivity contribution in [2.75, 3.05) is 6.54 Å². The number of aryl methyl sites for hydroxylation is 2. The van der Waals surface area contributed by atoms with Crippen molar-refractivity contribution >= 4 is 11.8 Å². The molecule has 1 aliphatic rings. The van der Waals surface area contributed by atoms with E-state index in [9.17, 15) is 0 Å². The summed E-state index contributed by atoms with van der Waals surface area (Å²) in [6, 6.07) is 6.76. The van der Waals surface area contributed by atoms with Crippen molar-refractivity contribution in [1.82, 2.24) is 5.32 Å². The second-order valence-corrected chi connectivity index (χ2v) is 5.58. The molecule has 2 rings (SSSR count). The number of benzene rings is 1. The van der Waals surface area contributed by atoms with Crippen LogP contribution in [-0.2, 0) is 0 Å². The van der Waals surface area contributed by atoms with Crippen LogP contribution >= 0.6 is 11.8 Å². The van der Waals surface area contributed by atoms with Gasteiger partial charge in [0.25, 0.3) is 0 Å². The first-order valence-electron chi connectivity index (χ1n) is 5.73. The van der Waals surface area contributed by atoms with Gasteiger partial charge in [-0.2, -0.15) is 0 Å². The standard InChI is InChI=1S/C13H19NS/c1-10-6-7-12(9-11(10)2)15-13-5-3-4-8-14-13/h6-7,9,13-14H,3-5,8H2,1-2H3. The number of rotatable bonds is 2. The average Bonchev–Trinajstić information content (AvgIpc) is 2.25. The number of thioether (sulfide) groups is 1. The molecule has 0 saturated carbocycles. The van der Waals surface area contributed by atoms with Gasteiger partial charge in [0, 0.05) is 4.90 Å². The van der Waals surface area contributed by atoms with E-state index in [2.05, 4.69) is 37.4 Å². The van der Waals surface area contributed by atoms with Crippen LogP contribution < -0.4 is 5.32 Å². The molecule has 1 aromatic rings. The molecule has 82 valence electrons. The largest absolute Gasteiger partial charge is 0.305 e. The lowest BCUT2D eigenvalue weighted by atomic mass is 10.1. The molecule has 1 fully saturated rings. The van der Waals surface area contributed by atoms with E-state index in [4.69, 9.17) is 0 Å². The van der Waals surface area contributed by atoms with E-state index in [1.54, 1.807) is 0 Å². The van der Waals surface area contributed by atoms with Gasteiger partial charge in [0.1, 0.15) is 0 Å². The van der Waals surface area contributed by atoms with E-state index in [1.807, 2.05) is 11.8 Å². The maximum Gasteiger partial charge on any atom is 0.0579 e. The summed E-state index contributed by atoms with van der Waals surface area (Å²) < 4.78 is 0. The Hall–Kier alpha value is -0.470. The van der Waals surface area contributed by atoms with Crippen LogP contribution in [0.15, 0.2) is 23.1 Å². The maximum atomic E-state index is 3.56. The highest BCUT2D eigenvalue weighted by Gasteiger charge is 2.13. The topological polar surface area (TPSA) is 12.0 Å². The van der Waals surface area contributed by atoms with Gasteiger partial charge in [-0.05, 0) is 62.9 Å². The molecule has 1 unspecified atom stereocenters. The van der Waals surface area contributed by atoms with E-state index in [1.165, 1.54) is 41.8 Å². The third kappa shape index (κ3) is 2.99. The monoisotopic (exact) mass is 221 g/mol. The first-order chi connectivity index (χ1) is 7.25. The van der Waals surface area contributed by atoms with E-state index in [-0.39, 0.29) is 0 Å². The molecule has 1 aliphatic heterocycles. The predicted octanol–water partition coefficient (Wildman–Crippen LogP) is 3.50. The molecule has 0 aromatic heterocycles. The molecule has 1 aromatic carbocycles. The Morgan fingerprint density at radius 3 is 2.73 bits per heavy atom. The van der Waals surface area contributed by atoms with Crippen LogP contribution in [0, 0.1) is 13.8 Å². The van der Waals surface area contributed by atoms with E-state index >= 15 is 0 Å². The van der Waals surface area contributed by atoms with Crippen molar-refractivity contribution in [2.45, 2.75) is 43.4 Å². The second-order valence-electron chi connectivity index (χ2n) is 4.30. The first kappa shape index (κ1) is 11.0. The van der Waals surface area contributed by atoms with Gasteiger partial charge in [0.05, 0.1) is 5.37 Å². The third-order valence-electron chi connectivity index (χ3n) is 3.02. The van der Waals surface area contributed by atoms with Gasteiger partial charge in [0.15, 0.2) is 0 Å². The molecule has 1 saturated heterocycles. The predicted molar refractivity (Wildman–Crippen MR) is 67.4 cm³/mol. The summed E-state index contributed by atoms with van der Waals surface area (Å²) in [6.07, 6.45) is 4.01. The fourth-order valence-corrected chi connectivity index (χ4v) is 3.08. The summed E-state index contributed by atoms with van der Waals surface area (Å²) in [4.78, 5) is 1.40. The summed E-state index contributed by atoms with van der Waals surface area (Å²) in [5.74, 6) is 0. The third-order valence-corrected chi connectivity index (χ3v) is 4.23. The zero-order chi connectivity index (χ0) is 10.7. The van der Waals surface area contributed by atoms with Crippen molar-refractivity contribution in [3.63, 3.8) is 0 Å². The Labute approximate surface area is 96.7 Å². The fourth-order valence-electron chi connectivity index (χ4n) is 1.87. The smallest absolute Gasteiger partial charge is 0.0579 e. The molecule has 0 aliphatic carbocycles. The molecule has 1 N–H and O–H groups in total. The molecular formula is C13H19NS. The van der Waals surface area contributed by atoms with Gasteiger partial charge in [-0.3, -0.25) is 0 Å². The van der Waals surface area contributed by atoms with E-state index in [0.29, 0.717) is 5.37 Å². The van der Waals surface area contributed by atoms with Gasteiger partial charge in [-0.25, -0.2) is 0 Å². The Balaban J connectivity index is 2.00. The fraction of sp³-hybridized carbons (Fsp3) is 0.538. The summed E-state index contributed by atoms with van der Waals surface area (Å²) in [5.41, 5.74) is 2.78. The minimum atomic E-state index is 0.626. The molecule has 0 radical (unpaired) electrons. The van der Waals surface area contributed by atoms with Crippen molar-refractivity contribution in [2.24, 2.45) is 0 Å². The highest BCUT2D eigenvalue weighted by atomic mass is 32.2. The Bertz CT molecular complexity index is 329. The number of hydrogen-bond donors (Lipinski definition) is 1. The molecular weight excluding hydrogens is 202 g/mol. The van der Waals surface area contributed by atoms with Crippen LogP contribution in [0.2, 0.25) is 0 Å². The zero-order valence-electron chi connectivity index (χ0n) is 9.55. The molecule has 1 heterocycles. The quantitative estimate of drug-likeness (QED) is 0.820. The van der Waals surface area contributed by atoms with Gasteiger partial charge in [0.2, 0.25) is 0 Å². The Kier molecular flexibility index (Phi) is 3.71. The SMILES string of the molecule is Cc1ccc(SC2CCCCN2)cc1C. The molecule has 1 atom stereocenters. The molecule has 2 heteroatoms. The molecule has 0 bridgehead atoms. The van der Waals surface area contributed by atoms with Crippen LogP contribution in [0.3, 0.4) is 0 Å². The van der Waals surface area contributed by atoms with Crippen LogP contribution in [0.4, 0.5) is 0 Å². The summed E-state index contributed by atoms with van der Waals surface area (Å²) in [7, 11) is 0. The van der Waals surface area contributed by atoms with Crippen LogP contribution in [0.25, 0.3) is 0 Å². The minimum Gasteiger partial charge on any atom is -0.305 e. The highest BCUT2D eigenvalue weighted by Crippen LogP contribution is 2.28. The van der Waals surface area contributed by atoms with Crippen LogP contribution in [0.1, 0.15) is 30.4 Å². The van der Waals surface area contributed by atoms with E-state index < -0.39 is 0 Å². The van der Waals surface area contributed by atoms with Crippen LogP contribution in [-0.4, -0.2) is 11.9 Å². The summed E-state index contributed by atoms with van der Waals surface area (Å²) in [6.45, 7) is 5.54. The molecule has 0 amide bonds. The normalized spacial score (nSPS) is 21.6. The first-order valence-corrected chi connectivity index (χ1v) is 6.61. The lowest BCUT2D eigenvalue weighted by molar-refractivity contribution is 0.491. The second kappa shape index (κ2) is 5.04. The van der Waals surface area contributed by atoms with Gasteiger partial charge >= 0.3 is 0 Å². The number of hydrogen-bond acceptors (Lipinski definition) is 2.